The van der Waals surface area contributed by atoms with E-state index in [4.69, 9.17) is 23.7 Å². The highest BCUT2D eigenvalue weighted by Gasteiger charge is 2.58. The lowest BCUT2D eigenvalue weighted by atomic mass is 9.98. The first-order valence-electron chi connectivity index (χ1n) is 10.6. The molecule has 0 aromatic heterocycles. The minimum absolute atomic E-state index is 0.634. The van der Waals surface area contributed by atoms with Gasteiger partial charge in [-0.05, 0) is 0 Å². The second kappa shape index (κ2) is 11.2. The van der Waals surface area contributed by atoms with Crippen LogP contribution in [0.2, 0.25) is 0 Å². The predicted octanol–water partition coefficient (Wildman–Crippen LogP) is -7.57. The summed E-state index contributed by atoms with van der Waals surface area (Å²) in [4.78, 5) is 0. The van der Waals surface area contributed by atoms with Crippen molar-refractivity contribution in [3.05, 3.63) is 0 Å². The van der Waals surface area contributed by atoms with Gasteiger partial charge in [0.15, 0.2) is 12.6 Å². The van der Waals surface area contributed by atoms with Crippen LogP contribution in [0.3, 0.4) is 0 Å². The average Bonchev–Trinajstić information content (AvgIpc) is 3.08. The van der Waals surface area contributed by atoms with E-state index in [1.165, 1.54) is 0 Å². The van der Waals surface area contributed by atoms with Crippen LogP contribution in [-0.2, 0) is 23.7 Å². The highest BCUT2D eigenvalue weighted by atomic mass is 16.8. The van der Waals surface area contributed by atoms with E-state index in [1.807, 2.05) is 0 Å². The summed E-state index contributed by atoms with van der Waals surface area (Å²) in [6.45, 7) is -3.14. The lowest BCUT2D eigenvalue weighted by Gasteiger charge is -2.44. The molecule has 0 saturated carbocycles. The first-order valence-corrected chi connectivity index (χ1v) is 10.6. The molecule has 0 aromatic carbocycles. The smallest absolute Gasteiger partial charge is 0.224 e. The third-order valence-corrected chi connectivity index (χ3v) is 6.16. The lowest BCUT2D eigenvalue weighted by Crippen LogP contribution is -2.63. The van der Waals surface area contributed by atoms with Crippen molar-refractivity contribution in [3.63, 3.8) is 0 Å². The Balaban J connectivity index is 1.69. The number of rotatable bonds is 8. The Morgan fingerprint density at radius 2 is 1.12 bits per heavy atom. The Kier molecular flexibility index (Phi) is 9.18. The van der Waals surface area contributed by atoms with Gasteiger partial charge in [-0.2, -0.15) is 0 Å². The van der Waals surface area contributed by atoms with E-state index in [-0.39, 0.29) is 0 Å². The average molecular weight is 504 g/mol. The summed E-state index contributed by atoms with van der Waals surface area (Å²) in [5.41, 5.74) is 0. The van der Waals surface area contributed by atoms with Gasteiger partial charge >= 0.3 is 0 Å². The normalized spacial score (nSPS) is 52.1. The zero-order valence-electron chi connectivity index (χ0n) is 17.8. The Morgan fingerprint density at radius 3 is 1.65 bits per heavy atom. The van der Waals surface area contributed by atoms with Gasteiger partial charge in [0.25, 0.3) is 0 Å². The molecular weight excluding hydrogens is 472 g/mol. The molecule has 0 amide bonds. The van der Waals surface area contributed by atoms with E-state index in [2.05, 4.69) is 0 Å². The van der Waals surface area contributed by atoms with Crippen molar-refractivity contribution in [2.45, 2.75) is 85.5 Å². The van der Waals surface area contributed by atoms with E-state index >= 15 is 0 Å². The zero-order chi connectivity index (χ0) is 25.4. The first kappa shape index (κ1) is 27.9. The molecule has 3 rings (SSSR count). The highest BCUT2D eigenvalue weighted by Crippen LogP contribution is 2.36. The summed E-state index contributed by atoms with van der Waals surface area (Å²) in [5, 5.41) is 109. The van der Waals surface area contributed by atoms with Crippen LogP contribution < -0.4 is 0 Å². The van der Waals surface area contributed by atoms with Crippen molar-refractivity contribution >= 4 is 0 Å². The van der Waals surface area contributed by atoms with Gasteiger partial charge in [0, 0.05) is 0 Å². The molecule has 0 unspecified atom stereocenters. The molecule has 14 atom stereocenters. The minimum atomic E-state index is -2.36. The third kappa shape index (κ3) is 5.09. The van der Waals surface area contributed by atoms with Gasteiger partial charge in [0.1, 0.15) is 73.8 Å². The quantitative estimate of drug-likeness (QED) is 0.146. The molecule has 200 valence electrons. The van der Waals surface area contributed by atoms with Crippen LogP contribution in [0.15, 0.2) is 0 Å². The molecule has 0 aliphatic carbocycles. The van der Waals surface area contributed by atoms with Gasteiger partial charge in [-0.3, -0.25) is 0 Å². The van der Waals surface area contributed by atoms with Crippen molar-refractivity contribution < 1.29 is 79.9 Å². The van der Waals surface area contributed by atoms with Crippen LogP contribution in [0.1, 0.15) is 0 Å². The molecule has 0 spiro atoms. The second-order valence-corrected chi connectivity index (χ2v) is 8.41. The molecule has 34 heavy (non-hydrogen) atoms. The first-order chi connectivity index (χ1) is 16.0. The van der Waals surface area contributed by atoms with Crippen LogP contribution in [0.25, 0.3) is 0 Å². The lowest BCUT2D eigenvalue weighted by molar-refractivity contribution is -0.388. The van der Waals surface area contributed by atoms with E-state index in [0.717, 1.165) is 0 Å². The van der Waals surface area contributed by atoms with Crippen LogP contribution in [0.5, 0.6) is 0 Å². The maximum absolute atomic E-state index is 10.3. The Bertz CT molecular complexity index is 653. The molecule has 16 nitrogen and oxygen atoms in total. The fourth-order valence-corrected chi connectivity index (χ4v) is 4.01. The molecule has 0 bridgehead atoms. The molecule has 0 aromatic rings. The van der Waals surface area contributed by atoms with Crippen molar-refractivity contribution in [1.82, 2.24) is 0 Å². The number of hydrogen-bond donors (Lipinski definition) is 11. The largest absolute Gasteiger partial charge is 0.394 e. The van der Waals surface area contributed by atoms with Gasteiger partial charge in [-0.25, -0.2) is 0 Å². The van der Waals surface area contributed by atoms with Crippen LogP contribution >= 0.6 is 0 Å². The van der Waals surface area contributed by atoms with Crippen LogP contribution in [-0.4, -0.2) is 168 Å². The predicted molar refractivity (Wildman–Crippen MR) is 101 cm³/mol. The van der Waals surface area contributed by atoms with Gasteiger partial charge in [-0.1, -0.05) is 0 Å². The van der Waals surface area contributed by atoms with Gasteiger partial charge < -0.3 is 79.9 Å². The maximum Gasteiger partial charge on any atom is 0.224 e. The zero-order valence-corrected chi connectivity index (χ0v) is 17.8. The summed E-state index contributed by atoms with van der Waals surface area (Å²) < 4.78 is 26.4. The third-order valence-electron chi connectivity index (χ3n) is 6.16. The summed E-state index contributed by atoms with van der Waals surface area (Å²) in [6, 6.07) is 0. The number of ether oxygens (including phenoxy) is 5. The molecule has 3 aliphatic rings. The Hall–Kier alpha value is -0.640. The van der Waals surface area contributed by atoms with E-state index in [9.17, 15) is 56.2 Å². The minimum Gasteiger partial charge on any atom is -0.394 e. The summed E-state index contributed by atoms with van der Waals surface area (Å²) >= 11 is 0. The van der Waals surface area contributed by atoms with Gasteiger partial charge in [0.05, 0.1) is 19.8 Å². The van der Waals surface area contributed by atoms with Crippen molar-refractivity contribution in [3.8, 4) is 0 Å². The number of aliphatic hydroxyl groups is 11. The molecule has 3 aliphatic heterocycles. The van der Waals surface area contributed by atoms with E-state index in [1.54, 1.807) is 0 Å². The van der Waals surface area contributed by atoms with Crippen molar-refractivity contribution in [1.29, 1.82) is 0 Å². The van der Waals surface area contributed by atoms with Crippen LogP contribution in [0, 0.1) is 0 Å². The molecule has 0 radical (unpaired) electrons. The fraction of sp³-hybridized carbons (Fsp3) is 1.00. The van der Waals surface area contributed by atoms with Crippen molar-refractivity contribution in [2.24, 2.45) is 0 Å². The molecule has 11 N–H and O–H groups in total. The fourth-order valence-electron chi connectivity index (χ4n) is 4.01. The number of aliphatic hydroxyl groups excluding tert-OH is 11. The van der Waals surface area contributed by atoms with Crippen LogP contribution in [0.4, 0.5) is 0 Å². The topological polar surface area (TPSA) is 269 Å². The van der Waals surface area contributed by atoms with Gasteiger partial charge in [-0.15, -0.1) is 0 Å². The van der Waals surface area contributed by atoms with Crippen molar-refractivity contribution in [2.75, 3.05) is 26.4 Å². The maximum atomic E-state index is 10.3. The SMILES string of the molecule is OC[C@@H]1O[C@@](CO)(O[C@@H]2O[C@H](CO[C@@H]3O[C@H](CO)[C@@H](O)[C@H](O)[C@@H]3O)[C@H](O)[C@H](O)[C@@H]2O)[C@H](O)[C@@H]1O. The Morgan fingerprint density at radius 1 is 0.588 bits per heavy atom. The second-order valence-electron chi connectivity index (χ2n) is 8.41. The van der Waals surface area contributed by atoms with Gasteiger partial charge in [0.2, 0.25) is 5.79 Å². The summed E-state index contributed by atoms with van der Waals surface area (Å²) in [6.07, 6.45) is -21.8. The summed E-state index contributed by atoms with van der Waals surface area (Å²) in [7, 11) is 0. The van der Waals surface area contributed by atoms with E-state index < -0.39 is 112 Å². The standard InChI is InChI=1S/C18H32O16/c19-1-5-8(22)11(25)13(27)16(31-5)30-3-7-9(23)12(26)14(28)17(32-7)34-18(4-21)15(29)10(24)6(2-20)33-18/h5-17,19-29H,1-4H2/t5-,6+,7-,8-,9+,10-,11+,12+,13+,14+,15-,16-,17+,18+/m1/s1. The monoisotopic (exact) mass is 504 g/mol. The Labute approximate surface area is 192 Å². The number of hydrogen-bond acceptors (Lipinski definition) is 16. The summed E-state index contributed by atoms with van der Waals surface area (Å²) in [5.74, 6) is -2.36. The molecule has 3 heterocycles. The molecule has 3 fully saturated rings. The molecule has 16 heteroatoms. The molecular formula is C18H32O16. The molecule has 3 saturated heterocycles. The van der Waals surface area contributed by atoms with E-state index in [0.29, 0.717) is 0 Å². The highest BCUT2D eigenvalue weighted by molar-refractivity contribution is 4.98.